The van der Waals surface area contributed by atoms with E-state index in [4.69, 9.17) is 32.2 Å². The molecule has 0 saturated heterocycles. The summed E-state index contributed by atoms with van der Waals surface area (Å²) in [5.41, 5.74) is 1.91. The van der Waals surface area contributed by atoms with Crippen molar-refractivity contribution < 1.29 is 9.47 Å². The fraction of sp³-hybridized carbons (Fsp3) is 0.111. The lowest BCUT2D eigenvalue weighted by molar-refractivity contribution is 0.127. The molecule has 5 rings (SSSR count). The van der Waals surface area contributed by atoms with E-state index in [1.54, 1.807) is 67.7 Å². The molecule has 10 nitrogen and oxygen atoms in total. The third-order valence-electron chi connectivity index (χ3n) is 5.65. The van der Waals surface area contributed by atoms with Crippen LogP contribution in [0.3, 0.4) is 0 Å². The third kappa shape index (κ3) is 5.38. The standard InChI is InChI=1S/C27H22ClN7O3/c1-17-14-31-25(37-17)23-16-35(30)27(34(26(23)36)15-18-5-7-19(28)8-6-18)33-20-9-11-22(12-10-20)38-24-4-2-3-21(13-29)32-24/h2-12,14,16,25,31H,15,30H2,1H3. The number of nitrogens with zero attached hydrogens (tertiary/aromatic N) is 5. The average molecular weight is 528 g/mol. The summed E-state index contributed by atoms with van der Waals surface area (Å²) in [5, 5.41) is 12.7. The number of hydrogen-bond acceptors (Lipinski definition) is 8. The summed E-state index contributed by atoms with van der Waals surface area (Å²) >= 11 is 6.04. The fourth-order valence-electron chi connectivity index (χ4n) is 3.82. The summed E-state index contributed by atoms with van der Waals surface area (Å²) in [4.78, 5) is 22.4. The number of ether oxygens (including phenoxy) is 2. The molecule has 0 aliphatic carbocycles. The second-order valence-electron chi connectivity index (χ2n) is 8.41. The molecule has 3 N–H and O–H groups in total. The van der Waals surface area contributed by atoms with E-state index in [0.29, 0.717) is 33.7 Å². The van der Waals surface area contributed by atoms with E-state index in [1.807, 2.05) is 18.2 Å². The van der Waals surface area contributed by atoms with Crippen molar-refractivity contribution in [1.82, 2.24) is 19.5 Å². The molecule has 1 aliphatic heterocycles. The number of nitrogens with two attached hydrogens (primary N) is 1. The van der Waals surface area contributed by atoms with Crippen molar-refractivity contribution in [1.29, 1.82) is 5.26 Å². The van der Waals surface area contributed by atoms with Crippen LogP contribution in [0.4, 0.5) is 5.69 Å². The van der Waals surface area contributed by atoms with Crippen molar-refractivity contribution in [2.24, 2.45) is 4.99 Å². The van der Waals surface area contributed by atoms with Crippen LogP contribution in [-0.2, 0) is 11.3 Å². The summed E-state index contributed by atoms with van der Waals surface area (Å²) in [6, 6.07) is 21.0. The number of halogens is 1. The van der Waals surface area contributed by atoms with Gasteiger partial charge in [0, 0.05) is 23.5 Å². The maximum atomic E-state index is 13.6. The third-order valence-corrected chi connectivity index (χ3v) is 5.90. The fourth-order valence-corrected chi connectivity index (χ4v) is 3.95. The van der Waals surface area contributed by atoms with E-state index >= 15 is 0 Å². The second-order valence-corrected chi connectivity index (χ2v) is 8.85. The Morgan fingerprint density at radius 1 is 1.18 bits per heavy atom. The zero-order valence-electron chi connectivity index (χ0n) is 20.2. The zero-order chi connectivity index (χ0) is 26.6. The number of pyridine rings is 1. The normalized spacial score (nSPS) is 14.8. The minimum absolute atomic E-state index is 0.209. The van der Waals surface area contributed by atoms with Crippen molar-refractivity contribution >= 4 is 17.3 Å². The van der Waals surface area contributed by atoms with Gasteiger partial charge in [0.2, 0.25) is 17.7 Å². The van der Waals surface area contributed by atoms with Crippen LogP contribution in [0.15, 0.2) is 94.7 Å². The first-order valence-electron chi connectivity index (χ1n) is 11.5. The summed E-state index contributed by atoms with van der Waals surface area (Å²) in [5.74, 6) is 7.83. The Hall–Kier alpha value is -5.01. The van der Waals surface area contributed by atoms with Crippen LogP contribution in [0.1, 0.15) is 30.0 Å². The molecule has 0 spiro atoms. The first-order chi connectivity index (χ1) is 18.4. The van der Waals surface area contributed by atoms with E-state index in [-0.39, 0.29) is 23.4 Å². The molecule has 1 aliphatic rings. The van der Waals surface area contributed by atoms with Gasteiger partial charge in [0.15, 0.2) is 0 Å². The predicted molar refractivity (Wildman–Crippen MR) is 141 cm³/mol. The minimum Gasteiger partial charge on any atom is -0.469 e. The molecular formula is C27H22ClN7O3. The maximum Gasteiger partial charge on any atom is 0.264 e. The van der Waals surface area contributed by atoms with Gasteiger partial charge in [-0.2, -0.15) is 5.26 Å². The maximum absolute atomic E-state index is 13.6. The van der Waals surface area contributed by atoms with Crippen LogP contribution in [0.2, 0.25) is 5.02 Å². The molecule has 0 amide bonds. The quantitative estimate of drug-likeness (QED) is 0.364. The van der Waals surface area contributed by atoms with Crippen LogP contribution in [0.25, 0.3) is 0 Å². The summed E-state index contributed by atoms with van der Waals surface area (Å²) in [6.07, 6.45) is 2.55. The Kier molecular flexibility index (Phi) is 6.84. The number of hydrogen-bond donors (Lipinski definition) is 2. The van der Waals surface area contributed by atoms with Crippen molar-refractivity contribution in [3.63, 3.8) is 0 Å². The van der Waals surface area contributed by atoms with Gasteiger partial charge in [0.05, 0.1) is 17.8 Å². The van der Waals surface area contributed by atoms with Gasteiger partial charge in [-0.1, -0.05) is 29.8 Å². The van der Waals surface area contributed by atoms with Gasteiger partial charge in [-0.25, -0.2) is 14.7 Å². The molecule has 0 saturated carbocycles. The Bertz CT molecular complexity index is 1680. The van der Waals surface area contributed by atoms with E-state index in [0.717, 1.165) is 5.56 Å². The summed E-state index contributed by atoms with van der Waals surface area (Å²) in [7, 11) is 0. The van der Waals surface area contributed by atoms with Crippen molar-refractivity contribution in [2.75, 3.05) is 5.84 Å². The van der Waals surface area contributed by atoms with Crippen molar-refractivity contribution in [3.05, 3.63) is 123 Å². The average Bonchev–Trinajstić information content (AvgIpc) is 3.36. The van der Waals surface area contributed by atoms with Gasteiger partial charge in [-0.15, -0.1) is 0 Å². The molecule has 11 heteroatoms. The number of aromatic nitrogens is 3. The van der Waals surface area contributed by atoms with Gasteiger partial charge in [0.1, 0.15) is 23.3 Å². The van der Waals surface area contributed by atoms with E-state index in [1.165, 1.54) is 15.4 Å². The van der Waals surface area contributed by atoms with Crippen molar-refractivity contribution in [2.45, 2.75) is 19.7 Å². The highest BCUT2D eigenvalue weighted by atomic mass is 35.5. The summed E-state index contributed by atoms with van der Waals surface area (Å²) in [6.45, 7) is 2.00. The van der Waals surface area contributed by atoms with Crippen LogP contribution in [0, 0.1) is 11.3 Å². The van der Waals surface area contributed by atoms with Gasteiger partial charge in [-0.3, -0.25) is 9.36 Å². The Morgan fingerprint density at radius 2 is 1.95 bits per heavy atom. The second kappa shape index (κ2) is 10.5. The van der Waals surface area contributed by atoms with E-state index < -0.39 is 6.23 Å². The number of nitriles is 1. The smallest absolute Gasteiger partial charge is 0.264 e. The topological polar surface area (TPSA) is 132 Å². The number of benzene rings is 2. The number of allylic oxidation sites excluding steroid dienone is 1. The first-order valence-corrected chi connectivity index (χ1v) is 11.9. The van der Waals surface area contributed by atoms with Crippen LogP contribution >= 0.6 is 11.6 Å². The minimum atomic E-state index is -0.660. The Morgan fingerprint density at radius 3 is 2.63 bits per heavy atom. The van der Waals surface area contributed by atoms with Gasteiger partial charge >= 0.3 is 0 Å². The Balaban J connectivity index is 1.52. The largest absolute Gasteiger partial charge is 0.469 e. The molecule has 0 fully saturated rings. The lowest BCUT2D eigenvalue weighted by Gasteiger charge is -2.17. The number of nitrogens with one attached hydrogen (secondary N) is 1. The monoisotopic (exact) mass is 527 g/mol. The zero-order valence-corrected chi connectivity index (χ0v) is 21.0. The van der Waals surface area contributed by atoms with Crippen molar-refractivity contribution in [3.8, 4) is 17.7 Å². The molecule has 38 heavy (non-hydrogen) atoms. The highest BCUT2D eigenvalue weighted by Crippen LogP contribution is 2.23. The van der Waals surface area contributed by atoms with E-state index in [9.17, 15) is 4.79 Å². The molecule has 0 radical (unpaired) electrons. The summed E-state index contributed by atoms with van der Waals surface area (Å²) < 4.78 is 14.2. The van der Waals surface area contributed by atoms with Gasteiger partial charge in [0.25, 0.3) is 5.56 Å². The highest BCUT2D eigenvalue weighted by molar-refractivity contribution is 6.30. The Labute approximate surface area is 222 Å². The van der Waals surface area contributed by atoms with E-state index in [2.05, 4.69) is 15.3 Å². The number of nitrogen functional groups attached to an aromatic ring is 1. The predicted octanol–water partition coefficient (Wildman–Crippen LogP) is 3.84. The molecule has 1 unspecified atom stereocenters. The molecule has 3 heterocycles. The molecule has 190 valence electrons. The molecule has 0 bridgehead atoms. The number of rotatable bonds is 6. The molecule has 1 atom stereocenters. The SMILES string of the molecule is CC1=CNC(c2cn(N)c(=Nc3ccc(Oc4cccc(C#N)n4)cc3)n(Cc3ccc(Cl)cc3)c2=O)O1. The van der Waals surface area contributed by atoms with Crippen LogP contribution in [0.5, 0.6) is 11.6 Å². The van der Waals surface area contributed by atoms with Crippen LogP contribution in [-0.4, -0.2) is 14.2 Å². The molecule has 2 aromatic heterocycles. The first kappa shape index (κ1) is 24.7. The lowest BCUT2D eigenvalue weighted by Crippen LogP contribution is -2.46. The van der Waals surface area contributed by atoms with Gasteiger partial charge < -0.3 is 20.6 Å². The molecule has 2 aromatic carbocycles. The lowest BCUT2D eigenvalue weighted by atomic mass is 10.2. The molecule has 4 aromatic rings. The molecular weight excluding hydrogens is 506 g/mol. The highest BCUT2D eigenvalue weighted by Gasteiger charge is 2.23. The van der Waals surface area contributed by atoms with Gasteiger partial charge in [-0.05, 0) is 55.0 Å². The van der Waals surface area contributed by atoms with Crippen LogP contribution < -0.4 is 27.1 Å².